The van der Waals surface area contributed by atoms with Gasteiger partial charge in [0.2, 0.25) is 0 Å². The van der Waals surface area contributed by atoms with Gasteiger partial charge < -0.3 is 10.2 Å². The van der Waals surface area contributed by atoms with Crippen LogP contribution in [0.2, 0.25) is 0 Å². The van der Waals surface area contributed by atoms with Gasteiger partial charge in [0.1, 0.15) is 15.3 Å². The van der Waals surface area contributed by atoms with Crippen molar-refractivity contribution in [2.24, 2.45) is 0 Å². The number of halogens is 3. The van der Waals surface area contributed by atoms with Crippen molar-refractivity contribution in [2.45, 2.75) is 39.0 Å². The third-order valence-electron chi connectivity index (χ3n) is 5.24. The molecule has 2 aromatic rings. The maximum atomic E-state index is 12.7. The molecule has 1 aliphatic rings. The van der Waals surface area contributed by atoms with E-state index < -0.39 is 23.3 Å². The number of nitrogens with one attached hydrogen (secondary N) is 2. The SMILES string of the molecule is CCn1c(=O)/c(=C/Nc2cccc(CCN3CCCC3)c2)s/c1=C(\C#N)C(=O)NC(F)(F)F. The largest absolute Gasteiger partial charge is 0.484 e. The van der Waals surface area contributed by atoms with Crippen LogP contribution in [0.5, 0.6) is 0 Å². The Morgan fingerprint density at radius 2 is 2.03 bits per heavy atom. The number of hydrogen-bond donors (Lipinski definition) is 2. The number of aromatic nitrogens is 1. The lowest BCUT2D eigenvalue weighted by molar-refractivity contribution is -0.166. The molecule has 1 aliphatic heterocycles. The second-order valence-corrected chi connectivity index (χ2v) is 8.58. The zero-order valence-corrected chi connectivity index (χ0v) is 18.9. The van der Waals surface area contributed by atoms with E-state index in [0.717, 1.165) is 58.5 Å². The number of carbonyl (C=O) groups excluding carboxylic acids is 1. The first-order valence-electron chi connectivity index (χ1n) is 10.5. The Kier molecular flexibility index (Phi) is 7.94. The summed E-state index contributed by atoms with van der Waals surface area (Å²) in [5, 5.41) is 13.1. The average Bonchev–Trinajstić information content (AvgIpc) is 3.38. The molecule has 7 nitrogen and oxygen atoms in total. The summed E-state index contributed by atoms with van der Waals surface area (Å²) in [4.78, 5) is 27.1. The van der Waals surface area contributed by atoms with Crippen molar-refractivity contribution in [3.63, 3.8) is 0 Å². The van der Waals surface area contributed by atoms with E-state index in [1.54, 1.807) is 6.92 Å². The molecule has 1 amide bonds. The van der Waals surface area contributed by atoms with Gasteiger partial charge in [0.15, 0.2) is 5.57 Å². The van der Waals surface area contributed by atoms with Gasteiger partial charge in [-0.2, -0.15) is 18.4 Å². The summed E-state index contributed by atoms with van der Waals surface area (Å²) >= 11 is 0.786. The predicted molar refractivity (Wildman–Crippen MR) is 121 cm³/mol. The molecule has 11 heteroatoms. The molecule has 0 aliphatic carbocycles. The standard InChI is InChI=1S/C22H24F3N5O2S/c1-2-30-20(32)18(33-21(30)17(13-26)19(31)28-22(23,24)25)14-27-16-7-5-6-15(12-16)8-11-29-9-3-4-10-29/h5-7,12,14,27H,2-4,8-11H2,1H3,(H,28,31)/b18-14-,21-17+. The van der Waals surface area contributed by atoms with Crippen LogP contribution in [-0.4, -0.2) is 41.3 Å². The van der Waals surface area contributed by atoms with Crippen molar-refractivity contribution in [2.75, 3.05) is 25.0 Å². The highest BCUT2D eigenvalue weighted by Crippen LogP contribution is 2.14. The van der Waals surface area contributed by atoms with Gasteiger partial charge in [-0.3, -0.25) is 19.5 Å². The molecule has 1 aromatic carbocycles. The van der Waals surface area contributed by atoms with Crippen molar-refractivity contribution in [1.82, 2.24) is 14.8 Å². The normalized spacial score (nSPS) is 15.9. The van der Waals surface area contributed by atoms with E-state index in [4.69, 9.17) is 0 Å². The Bertz CT molecular complexity index is 1220. The number of amides is 1. The Balaban J connectivity index is 1.87. The van der Waals surface area contributed by atoms with Crippen LogP contribution in [0, 0.1) is 11.3 Å². The van der Waals surface area contributed by atoms with Gasteiger partial charge in [-0.05, 0) is 57.0 Å². The molecule has 33 heavy (non-hydrogen) atoms. The maximum absolute atomic E-state index is 12.7. The number of anilines is 1. The lowest BCUT2D eigenvalue weighted by Crippen LogP contribution is -2.40. The fraction of sp³-hybridized carbons (Fsp3) is 0.409. The Labute approximate surface area is 192 Å². The molecule has 0 unspecified atom stereocenters. The number of alkyl halides is 3. The second-order valence-electron chi connectivity index (χ2n) is 7.55. The quantitative estimate of drug-likeness (QED) is 0.591. The molecule has 0 radical (unpaired) electrons. The fourth-order valence-electron chi connectivity index (χ4n) is 3.64. The molecule has 3 rings (SSSR count). The summed E-state index contributed by atoms with van der Waals surface area (Å²) in [6.45, 7) is 4.93. The van der Waals surface area contributed by atoms with Gasteiger partial charge >= 0.3 is 6.30 Å². The van der Waals surface area contributed by atoms with Crippen LogP contribution in [0.1, 0.15) is 25.3 Å². The molecule has 176 valence electrons. The Hall–Kier alpha value is -3.10. The summed E-state index contributed by atoms with van der Waals surface area (Å²) in [5.41, 5.74) is 0.635. The first kappa shape index (κ1) is 24.5. The minimum atomic E-state index is -4.98. The predicted octanol–water partition coefficient (Wildman–Crippen LogP) is 1.73. The molecule has 0 atom stereocenters. The molecule has 1 aromatic heterocycles. The van der Waals surface area contributed by atoms with Gasteiger partial charge in [0.05, 0.1) is 0 Å². The van der Waals surface area contributed by atoms with Crippen LogP contribution < -0.4 is 25.4 Å². The van der Waals surface area contributed by atoms with Gasteiger partial charge in [-0.15, -0.1) is 11.3 Å². The molecule has 1 fully saturated rings. The van der Waals surface area contributed by atoms with E-state index in [2.05, 4.69) is 10.2 Å². The van der Waals surface area contributed by atoms with Crippen molar-refractivity contribution >= 4 is 34.7 Å². The van der Waals surface area contributed by atoms with E-state index in [1.807, 2.05) is 24.3 Å². The topological polar surface area (TPSA) is 90.2 Å². The molecule has 0 saturated carbocycles. The minimum Gasteiger partial charge on any atom is -0.360 e. The zero-order valence-electron chi connectivity index (χ0n) is 18.0. The van der Waals surface area contributed by atoms with Crippen LogP contribution >= 0.6 is 11.3 Å². The van der Waals surface area contributed by atoms with E-state index >= 15 is 0 Å². The molecule has 1 saturated heterocycles. The zero-order chi connectivity index (χ0) is 24.0. The number of nitrogens with zero attached hydrogens (tertiary/aromatic N) is 3. The third-order valence-corrected chi connectivity index (χ3v) is 6.37. The second kappa shape index (κ2) is 10.7. The molecule has 2 N–H and O–H groups in total. The van der Waals surface area contributed by atoms with E-state index in [-0.39, 0.29) is 15.7 Å². The summed E-state index contributed by atoms with van der Waals surface area (Å²) in [6.07, 6.45) is -0.173. The van der Waals surface area contributed by atoms with Crippen molar-refractivity contribution in [1.29, 1.82) is 5.26 Å². The first-order chi connectivity index (χ1) is 15.7. The number of benzene rings is 1. The third kappa shape index (κ3) is 6.46. The Morgan fingerprint density at radius 3 is 2.67 bits per heavy atom. The van der Waals surface area contributed by atoms with E-state index in [9.17, 15) is 28.0 Å². The van der Waals surface area contributed by atoms with Crippen LogP contribution in [0.4, 0.5) is 18.9 Å². The smallest absolute Gasteiger partial charge is 0.360 e. The van der Waals surface area contributed by atoms with Gasteiger partial charge in [0.25, 0.3) is 11.5 Å². The summed E-state index contributed by atoms with van der Waals surface area (Å²) in [6, 6.07) is 9.24. The van der Waals surface area contributed by atoms with Crippen LogP contribution in [0.15, 0.2) is 29.1 Å². The highest BCUT2D eigenvalue weighted by molar-refractivity contribution is 7.07. The summed E-state index contributed by atoms with van der Waals surface area (Å²) < 4.78 is 38.7. The van der Waals surface area contributed by atoms with Gasteiger partial charge in [0, 0.05) is 25.0 Å². The number of hydrogen-bond acceptors (Lipinski definition) is 6. The first-order valence-corrected chi connectivity index (χ1v) is 11.3. The Morgan fingerprint density at radius 1 is 1.30 bits per heavy atom. The molecular formula is C22H24F3N5O2S. The molecule has 2 heterocycles. The number of likely N-dealkylation sites (tertiary alicyclic amines) is 1. The van der Waals surface area contributed by atoms with Crippen molar-refractivity contribution in [3.05, 3.63) is 49.4 Å². The number of carbonyl (C=O) groups is 1. The summed E-state index contributed by atoms with van der Waals surface area (Å²) in [5.74, 6) is -1.60. The number of thiazole rings is 1. The highest BCUT2D eigenvalue weighted by atomic mass is 32.1. The summed E-state index contributed by atoms with van der Waals surface area (Å²) in [7, 11) is 0. The van der Waals surface area contributed by atoms with Gasteiger partial charge in [-0.1, -0.05) is 12.1 Å². The monoisotopic (exact) mass is 479 g/mol. The van der Waals surface area contributed by atoms with Crippen LogP contribution in [-0.2, 0) is 17.8 Å². The maximum Gasteiger partial charge on any atom is 0.484 e. The number of rotatable bonds is 7. The minimum absolute atomic E-state index is 0.0922. The molecule has 0 bridgehead atoms. The van der Waals surface area contributed by atoms with Crippen LogP contribution in [0.3, 0.4) is 0 Å². The molecular weight excluding hydrogens is 455 g/mol. The van der Waals surface area contributed by atoms with Crippen molar-refractivity contribution < 1.29 is 18.0 Å². The lowest BCUT2D eigenvalue weighted by Gasteiger charge is -2.14. The van der Waals surface area contributed by atoms with Crippen molar-refractivity contribution in [3.8, 4) is 6.07 Å². The molecule has 0 spiro atoms. The highest BCUT2D eigenvalue weighted by Gasteiger charge is 2.32. The number of nitriles is 1. The van der Waals surface area contributed by atoms with E-state index in [1.165, 1.54) is 25.1 Å². The van der Waals surface area contributed by atoms with Gasteiger partial charge in [-0.25, -0.2) is 0 Å². The van der Waals surface area contributed by atoms with E-state index in [0.29, 0.717) is 0 Å². The van der Waals surface area contributed by atoms with Crippen LogP contribution in [0.25, 0.3) is 11.8 Å². The lowest BCUT2D eigenvalue weighted by atomic mass is 10.1. The average molecular weight is 480 g/mol. The fourth-order valence-corrected chi connectivity index (χ4v) is 4.72.